The van der Waals surface area contributed by atoms with Crippen molar-refractivity contribution in [2.45, 2.75) is 6.61 Å². The standard InChI is InChI=1S/C14H10N2O3/c15-6-11-2-3-12(7-16-11)17-8-10-1-4-13-14(5-10)19-9-18-13/h1-5,7H,8-9H2. The number of hydrogen-bond donors (Lipinski definition) is 0. The van der Waals surface area contributed by atoms with Crippen molar-refractivity contribution in [1.82, 2.24) is 4.98 Å². The third-order valence-corrected chi connectivity index (χ3v) is 2.69. The zero-order valence-electron chi connectivity index (χ0n) is 10.00. The molecule has 1 aromatic heterocycles. The Bertz CT molecular complexity index is 632. The van der Waals surface area contributed by atoms with Gasteiger partial charge in [-0.25, -0.2) is 4.98 Å². The molecular formula is C14H10N2O3. The molecule has 0 spiro atoms. The van der Waals surface area contributed by atoms with E-state index in [1.54, 1.807) is 12.1 Å². The van der Waals surface area contributed by atoms with Crippen LogP contribution in [0.3, 0.4) is 0 Å². The molecule has 3 rings (SSSR count). The Morgan fingerprint density at radius 1 is 1.21 bits per heavy atom. The number of fused-ring (bicyclic) bond motifs is 1. The van der Waals surface area contributed by atoms with E-state index in [-0.39, 0.29) is 6.79 Å². The SMILES string of the molecule is N#Cc1ccc(OCc2ccc3c(c2)OCO3)cn1. The predicted molar refractivity (Wildman–Crippen MR) is 65.8 cm³/mol. The van der Waals surface area contributed by atoms with Crippen LogP contribution in [0.2, 0.25) is 0 Å². The number of benzene rings is 1. The van der Waals surface area contributed by atoms with Gasteiger partial charge < -0.3 is 14.2 Å². The van der Waals surface area contributed by atoms with Crippen LogP contribution in [-0.4, -0.2) is 11.8 Å². The van der Waals surface area contributed by atoms with Crippen LogP contribution in [0, 0.1) is 11.3 Å². The minimum Gasteiger partial charge on any atom is -0.487 e. The Hall–Kier alpha value is -2.74. The molecule has 0 bridgehead atoms. The summed E-state index contributed by atoms with van der Waals surface area (Å²) in [6.45, 7) is 0.670. The number of pyridine rings is 1. The summed E-state index contributed by atoms with van der Waals surface area (Å²) in [7, 11) is 0. The van der Waals surface area contributed by atoms with Crippen molar-refractivity contribution in [2.24, 2.45) is 0 Å². The molecule has 2 heterocycles. The van der Waals surface area contributed by atoms with Gasteiger partial charge in [0.1, 0.15) is 24.1 Å². The van der Waals surface area contributed by atoms with E-state index in [0.29, 0.717) is 18.1 Å². The fourth-order valence-electron chi connectivity index (χ4n) is 1.73. The van der Waals surface area contributed by atoms with Crippen molar-refractivity contribution in [2.75, 3.05) is 6.79 Å². The lowest BCUT2D eigenvalue weighted by Crippen LogP contribution is -1.96. The van der Waals surface area contributed by atoms with Gasteiger partial charge in [0, 0.05) is 0 Å². The summed E-state index contributed by atoms with van der Waals surface area (Å²) in [6.07, 6.45) is 1.53. The molecule has 0 saturated heterocycles. The van der Waals surface area contributed by atoms with E-state index in [2.05, 4.69) is 4.98 Å². The monoisotopic (exact) mass is 254 g/mol. The summed E-state index contributed by atoms with van der Waals surface area (Å²) in [4.78, 5) is 3.94. The number of ether oxygens (including phenoxy) is 3. The minimum atomic E-state index is 0.263. The van der Waals surface area contributed by atoms with Gasteiger partial charge in [-0.15, -0.1) is 0 Å². The van der Waals surface area contributed by atoms with Crippen LogP contribution < -0.4 is 14.2 Å². The third kappa shape index (κ3) is 2.43. The number of aromatic nitrogens is 1. The second kappa shape index (κ2) is 4.86. The maximum atomic E-state index is 8.65. The van der Waals surface area contributed by atoms with E-state index in [4.69, 9.17) is 19.5 Å². The van der Waals surface area contributed by atoms with Crippen LogP contribution in [0.5, 0.6) is 17.2 Å². The number of nitriles is 1. The molecule has 0 radical (unpaired) electrons. The van der Waals surface area contributed by atoms with E-state index in [0.717, 1.165) is 17.1 Å². The van der Waals surface area contributed by atoms with Gasteiger partial charge in [0.05, 0.1) is 6.20 Å². The van der Waals surface area contributed by atoms with Gasteiger partial charge in [0.2, 0.25) is 6.79 Å². The lowest BCUT2D eigenvalue weighted by molar-refractivity contribution is 0.174. The summed E-state index contributed by atoms with van der Waals surface area (Å²) >= 11 is 0. The number of rotatable bonds is 3. The van der Waals surface area contributed by atoms with Crippen LogP contribution >= 0.6 is 0 Å². The molecule has 94 valence electrons. The predicted octanol–water partition coefficient (Wildman–Crippen LogP) is 2.26. The van der Waals surface area contributed by atoms with Crippen LogP contribution in [0.25, 0.3) is 0 Å². The zero-order chi connectivity index (χ0) is 13.1. The number of nitrogens with zero attached hydrogens (tertiary/aromatic N) is 2. The summed E-state index contributed by atoms with van der Waals surface area (Å²) in [5.74, 6) is 2.11. The molecule has 0 N–H and O–H groups in total. The second-order valence-corrected chi connectivity index (χ2v) is 3.97. The molecule has 19 heavy (non-hydrogen) atoms. The lowest BCUT2D eigenvalue weighted by Gasteiger charge is -2.06. The van der Waals surface area contributed by atoms with Crippen LogP contribution in [0.1, 0.15) is 11.3 Å². The van der Waals surface area contributed by atoms with Crippen LogP contribution in [0.4, 0.5) is 0 Å². The van der Waals surface area contributed by atoms with Crippen molar-refractivity contribution >= 4 is 0 Å². The average molecular weight is 254 g/mol. The Morgan fingerprint density at radius 3 is 2.89 bits per heavy atom. The van der Waals surface area contributed by atoms with Crippen LogP contribution in [0.15, 0.2) is 36.5 Å². The summed E-state index contributed by atoms with van der Waals surface area (Å²) in [5, 5.41) is 8.65. The quantitative estimate of drug-likeness (QED) is 0.840. The molecule has 1 aliphatic rings. The average Bonchev–Trinajstić information content (AvgIpc) is 2.93. The molecule has 0 amide bonds. The van der Waals surface area contributed by atoms with Gasteiger partial charge in [0.25, 0.3) is 0 Å². The fourth-order valence-corrected chi connectivity index (χ4v) is 1.73. The molecule has 0 unspecified atom stereocenters. The summed E-state index contributed by atoms with van der Waals surface area (Å²) in [6, 6.07) is 11.0. The Kier molecular flexibility index (Phi) is 2.91. The lowest BCUT2D eigenvalue weighted by atomic mass is 10.2. The Balaban J connectivity index is 1.67. The molecule has 0 fully saturated rings. The first-order valence-electron chi connectivity index (χ1n) is 5.72. The second-order valence-electron chi connectivity index (χ2n) is 3.97. The largest absolute Gasteiger partial charge is 0.487 e. The molecule has 2 aromatic rings. The van der Waals surface area contributed by atoms with Crippen molar-refractivity contribution < 1.29 is 14.2 Å². The highest BCUT2D eigenvalue weighted by molar-refractivity contribution is 5.44. The highest BCUT2D eigenvalue weighted by atomic mass is 16.7. The zero-order valence-corrected chi connectivity index (χ0v) is 10.00. The maximum absolute atomic E-state index is 8.65. The first kappa shape index (κ1) is 11.4. The number of hydrogen-bond acceptors (Lipinski definition) is 5. The van der Waals surface area contributed by atoms with Crippen LogP contribution in [-0.2, 0) is 6.61 Å². The molecular weight excluding hydrogens is 244 g/mol. The molecule has 1 aromatic carbocycles. The van der Waals surface area contributed by atoms with Gasteiger partial charge in [-0.05, 0) is 29.8 Å². The van der Waals surface area contributed by atoms with Gasteiger partial charge in [-0.3, -0.25) is 0 Å². The van der Waals surface area contributed by atoms with Crippen molar-refractivity contribution in [3.05, 3.63) is 47.8 Å². The molecule has 0 atom stereocenters. The van der Waals surface area contributed by atoms with Crippen molar-refractivity contribution in [1.29, 1.82) is 5.26 Å². The molecule has 5 heteroatoms. The third-order valence-electron chi connectivity index (χ3n) is 2.69. The first-order valence-corrected chi connectivity index (χ1v) is 5.72. The van der Waals surface area contributed by atoms with E-state index in [9.17, 15) is 0 Å². The smallest absolute Gasteiger partial charge is 0.231 e. The Labute approximate surface area is 110 Å². The van der Waals surface area contributed by atoms with Gasteiger partial charge in [0.15, 0.2) is 11.5 Å². The van der Waals surface area contributed by atoms with E-state index >= 15 is 0 Å². The van der Waals surface area contributed by atoms with E-state index in [1.165, 1.54) is 6.20 Å². The maximum Gasteiger partial charge on any atom is 0.231 e. The summed E-state index contributed by atoms with van der Waals surface area (Å²) in [5.41, 5.74) is 1.35. The topological polar surface area (TPSA) is 64.4 Å². The molecule has 0 saturated carbocycles. The van der Waals surface area contributed by atoms with E-state index < -0.39 is 0 Å². The fraction of sp³-hybridized carbons (Fsp3) is 0.143. The van der Waals surface area contributed by atoms with Crippen molar-refractivity contribution in [3.8, 4) is 23.3 Å². The highest BCUT2D eigenvalue weighted by Crippen LogP contribution is 2.32. The van der Waals surface area contributed by atoms with E-state index in [1.807, 2.05) is 24.3 Å². The van der Waals surface area contributed by atoms with Gasteiger partial charge >= 0.3 is 0 Å². The normalized spacial score (nSPS) is 11.9. The summed E-state index contributed by atoms with van der Waals surface area (Å²) < 4.78 is 16.1. The highest BCUT2D eigenvalue weighted by Gasteiger charge is 2.13. The molecule has 5 nitrogen and oxygen atoms in total. The minimum absolute atomic E-state index is 0.263. The van der Waals surface area contributed by atoms with Crippen molar-refractivity contribution in [3.63, 3.8) is 0 Å². The Morgan fingerprint density at radius 2 is 2.11 bits per heavy atom. The molecule has 0 aliphatic carbocycles. The molecule has 1 aliphatic heterocycles. The van der Waals surface area contributed by atoms with Gasteiger partial charge in [-0.2, -0.15) is 5.26 Å². The first-order chi connectivity index (χ1) is 9.35. The van der Waals surface area contributed by atoms with Gasteiger partial charge in [-0.1, -0.05) is 6.07 Å².